The average molecular weight is 439 g/mol. The molecule has 1 aliphatic rings. The molecule has 1 N–H and O–H groups in total. The van der Waals surface area contributed by atoms with Crippen LogP contribution in [0.5, 0.6) is 0 Å². The monoisotopic (exact) mass is 438 g/mol. The summed E-state index contributed by atoms with van der Waals surface area (Å²) in [6.45, 7) is 3.27. The molecule has 0 bridgehead atoms. The molecule has 1 aromatic heterocycles. The van der Waals surface area contributed by atoms with E-state index in [0.29, 0.717) is 0 Å². The van der Waals surface area contributed by atoms with E-state index in [1.165, 1.54) is 30.4 Å². The number of fused-ring (bicyclic) bond motifs is 1. The molecule has 0 amide bonds. The summed E-state index contributed by atoms with van der Waals surface area (Å²) in [5, 5.41) is 12.8. The van der Waals surface area contributed by atoms with Crippen LogP contribution in [0.25, 0.3) is 16.5 Å². The van der Waals surface area contributed by atoms with Gasteiger partial charge >= 0.3 is 0 Å². The number of ether oxygens (including phenoxy) is 1. The maximum absolute atomic E-state index is 14.3. The first-order chi connectivity index (χ1) is 15.4. The van der Waals surface area contributed by atoms with Gasteiger partial charge in [0, 0.05) is 37.2 Å². The van der Waals surface area contributed by atoms with Gasteiger partial charge in [0.25, 0.3) is 5.92 Å². The average Bonchev–Trinajstić information content (AvgIpc) is 2.79. The molecule has 1 atom stereocenters. The summed E-state index contributed by atoms with van der Waals surface area (Å²) in [5.41, 5.74) is 4.83. The summed E-state index contributed by atoms with van der Waals surface area (Å²) in [4.78, 5) is 2.29. The molecule has 3 aromatic rings. The number of aromatic nitrogens is 2. The number of nitrogens with one attached hydrogen (secondary N) is 1. The number of methoxy groups -OCH3 is 1. The predicted octanol–water partition coefficient (Wildman–Crippen LogP) is 5.26. The first kappa shape index (κ1) is 22.3. The lowest BCUT2D eigenvalue weighted by Crippen LogP contribution is -2.23. The van der Waals surface area contributed by atoms with Gasteiger partial charge in [-0.25, -0.2) is 0 Å². The van der Waals surface area contributed by atoms with Crippen molar-refractivity contribution in [2.45, 2.75) is 25.3 Å². The first-order valence-electron chi connectivity index (χ1n) is 10.7. The van der Waals surface area contributed by atoms with Crippen molar-refractivity contribution in [2.75, 3.05) is 39.2 Å². The van der Waals surface area contributed by atoms with Gasteiger partial charge in [-0.05, 0) is 55.3 Å². The third-order valence-corrected chi connectivity index (χ3v) is 5.93. The molecule has 0 fully saturated rings. The van der Waals surface area contributed by atoms with Crippen molar-refractivity contribution in [1.29, 1.82) is 0 Å². The van der Waals surface area contributed by atoms with Gasteiger partial charge in [-0.2, -0.15) is 19.0 Å². The number of anilines is 1. The second kappa shape index (κ2) is 9.30. The van der Waals surface area contributed by atoms with E-state index in [9.17, 15) is 8.78 Å². The van der Waals surface area contributed by atoms with Crippen molar-refractivity contribution in [2.24, 2.45) is 0 Å². The Balaban J connectivity index is 1.62. The summed E-state index contributed by atoms with van der Waals surface area (Å²) in [7, 11) is 3.40. The highest BCUT2D eigenvalue weighted by molar-refractivity contribution is 5.93. The van der Waals surface area contributed by atoms with Crippen molar-refractivity contribution >= 4 is 22.2 Å². The maximum Gasteiger partial charge on any atom is 0.296 e. The molecule has 7 heteroatoms. The van der Waals surface area contributed by atoms with Crippen molar-refractivity contribution in [3.05, 3.63) is 71.4 Å². The smallest absolute Gasteiger partial charge is 0.296 e. The number of hydrogen-bond donors (Lipinski definition) is 1. The Morgan fingerprint density at radius 3 is 2.81 bits per heavy atom. The molecule has 2 aromatic carbocycles. The number of halogens is 2. The quantitative estimate of drug-likeness (QED) is 0.545. The Morgan fingerprint density at radius 1 is 1.22 bits per heavy atom. The zero-order chi connectivity index (χ0) is 22.7. The molecule has 1 aliphatic heterocycles. The second-order valence-electron chi connectivity index (χ2n) is 8.36. The molecule has 0 saturated heterocycles. The molecule has 0 aliphatic carbocycles. The third kappa shape index (κ3) is 4.79. The van der Waals surface area contributed by atoms with Crippen LogP contribution in [0.1, 0.15) is 36.1 Å². The fourth-order valence-corrected chi connectivity index (χ4v) is 4.02. The van der Waals surface area contributed by atoms with E-state index in [-0.39, 0.29) is 11.6 Å². The molecular weight excluding hydrogens is 410 g/mol. The van der Waals surface area contributed by atoms with Crippen molar-refractivity contribution in [1.82, 2.24) is 15.1 Å². The lowest BCUT2D eigenvalue weighted by Gasteiger charge is -2.23. The van der Waals surface area contributed by atoms with E-state index >= 15 is 0 Å². The first-order valence-corrected chi connectivity index (χ1v) is 10.7. The highest BCUT2D eigenvalue weighted by Gasteiger charge is 2.31. The summed E-state index contributed by atoms with van der Waals surface area (Å²) in [6, 6.07) is 12.5. The van der Waals surface area contributed by atoms with Gasteiger partial charge in [0.2, 0.25) is 0 Å². The second-order valence-corrected chi connectivity index (χ2v) is 8.36. The normalized spacial score (nSPS) is 16.1. The van der Waals surface area contributed by atoms with Crippen LogP contribution < -0.4 is 5.32 Å². The number of benzene rings is 2. The van der Waals surface area contributed by atoms with Crippen LogP contribution in [0.3, 0.4) is 0 Å². The van der Waals surface area contributed by atoms with Gasteiger partial charge in [-0.1, -0.05) is 30.3 Å². The van der Waals surface area contributed by atoms with Crippen LogP contribution >= 0.6 is 0 Å². The van der Waals surface area contributed by atoms with E-state index in [1.807, 2.05) is 19.1 Å². The Hall–Kier alpha value is -2.90. The van der Waals surface area contributed by atoms with Crippen LogP contribution in [0, 0.1) is 0 Å². The summed E-state index contributed by atoms with van der Waals surface area (Å²) in [6.07, 6.45) is 4.96. The van der Waals surface area contributed by atoms with Crippen LogP contribution in [0.4, 0.5) is 14.5 Å². The molecule has 4 rings (SSSR count). The van der Waals surface area contributed by atoms with Crippen LogP contribution in [0.2, 0.25) is 0 Å². The Labute approximate surface area is 187 Å². The standard InChI is InChI=1S/C25H28F2N4O/c1-17(19-5-4-6-21(13-19)25(26,27)16-32-3)29-24-15-28-30-23-8-7-20(14-22(23)24)18-9-11-31(2)12-10-18/h4-9,13-15,17H,10-12,16H2,1-3H3,(H,29,30)/t17-/m1/s1. The van der Waals surface area contributed by atoms with E-state index in [1.54, 1.807) is 12.3 Å². The molecular formula is C25H28F2N4O. The van der Waals surface area contributed by atoms with Crippen molar-refractivity contribution in [3.8, 4) is 0 Å². The molecule has 5 nitrogen and oxygen atoms in total. The van der Waals surface area contributed by atoms with Gasteiger partial charge in [0.05, 0.1) is 17.4 Å². The minimum absolute atomic E-state index is 0.0558. The number of nitrogens with zero attached hydrogens (tertiary/aromatic N) is 3. The van der Waals surface area contributed by atoms with Gasteiger partial charge in [-0.15, -0.1) is 0 Å². The minimum atomic E-state index is -3.04. The van der Waals surface area contributed by atoms with E-state index in [2.05, 4.69) is 50.4 Å². The van der Waals surface area contributed by atoms with Gasteiger partial charge in [-0.3, -0.25) is 0 Å². The predicted molar refractivity (Wildman–Crippen MR) is 124 cm³/mol. The number of rotatable bonds is 7. The molecule has 32 heavy (non-hydrogen) atoms. The van der Waals surface area contributed by atoms with E-state index in [4.69, 9.17) is 0 Å². The summed E-state index contributed by atoms with van der Waals surface area (Å²) < 4.78 is 33.3. The fraction of sp³-hybridized carbons (Fsp3) is 0.360. The Bertz CT molecular complexity index is 1130. The number of alkyl halides is 2. The topological polar surface area (TPSA) is 50.3 Å². The van der Waals surface area contributed by atoms with Crippen LogP contribution in [0.15, 0.2) is 54.7 Å². The number of likely N-dealkylation sites (N-methyl/N-ethyl adjacent to an activating group) is 1. The maximum atomic E-state index is 14.3. The minimum Gasteiger partial charge on any atom is -0.378 e. The number of hydrogen-bond acceptors (Lipinski definition) is 5. The highest BCUT2D eigenvalue weighted by atomic mass is 19.3. The Morgan fingerprint density at radius 2 is 2.06 bits per heavy atom. The highest BCUT2D eigenvalue weighted by Crippen LogP contribution is 2.32. The Kier molecular flexibility index (Phi) is 6.48. The summed E-state index contributed by atoms with van der Waals surface area (Å²) >= 11 is 0. The fourth-order valence-electron chi connectivity index (χ4n) is 4.02. The molecule has 168 valence electrons. The van der Waals surface area contributed by atoms with Crippen molar-refractivity contribution < 1.29 is 13.5 Å². The lowest BCUT2D eigenvalue weighted by atomic mass is 9.97. The lowest BCUT2D eigenvalue weighted by molar-refractivity contribution is -0.0698. The van der Waals surface area contributed by atoms with E-state index < -0.39 is 12.5 Å². The molecule has 0 spiro atoms. The van der Waals surface area contributed by atoms with Crippen LogP contribution in [-0.2, 0) is 10.7 Å². The molecule has 2 heterocycles. The van der Waals surface area contributed by atoms with Gasteiger partial charge < -0.3 is 15.0 Å². The SMILES string of the molecule is COCC(F)(F)c1cccc([C@@H](C)Nc2cnnc3ccc(C4=CCN(C)CC4)cc23)c1. The third-order valence-electron chi connectivity index (χ3n) is 5.93. The molecule has 0 radical (unpaired) electrons. The van der Waals surface area contributed by atoms with Gasteiger partial charge in [0.1, 0.15) is 6.61 Å². The zero-order valence-electron chi connectivity index (χ0n) is 18.6. The van der Waals surface area contributed by atoms with E-state index in [0.717, 1.165) is 41.7 Å². The molecule has 0 unspecified atom stereocenters. The van der Waals surface area contributed by atoms with Crippen molar-refractivity contribution in [3.63, 3.8) is 0 Å². The van der Waals surface area contributed by atoms with Gasteiger partial charge in [0.15, 0.2) is 0 Å². The van der Waals surface area contributed by atoms with Crippen LogP contribution in [-0.4, -0.2) is 49.0 Å². The summed E-state index contributed by atoms with van der Waals surface area (Å²) in [5.74, 6) is -3.04. The zero-order valence-corrected chi connectivity index (χ0v) is 18.6. The largest absolute Gasteiger partial charge is 0.378 e. The molecule has 0 saturated carbocycles.